The van der Waals surface area contributed by atoms with Gasteiger partial charge in [-0.05, 0) is 6.26 Å². The molecule has 0 spiro atoms. The van der Waals surface area contributed by atoms with Gasteiger partial charge in [0.25, 0.3) is 5.70 Å². The van der Waals surface area contributed by atoms with E-state index in [4.69, 9.17) is 18.4 Å². The molecule has 0 saturated carbocycles. The van der Waals surface area contributed by atoms with Gasteiger partial charge in [0.2, 0.25) is 0 Å². The SMILES string of the molecule is CS/C([S-])=C(\C(N)=O)[n+]1ccccc1. The smallest absolute Gasteiger partial charge is 0.312 e. The van der Waals surface area contributed by atoms with Gasteiger partial charge in [-0.15, -0.1) is 0 Å². The molecule has 0 saturated heterocycles. The molecule has 1 heterocycles. The lowest BCUT2D eigenvalue weighted by atomic mass is 10.4. The molecule has 1 rings (SSSR count). The van der Waals surface area contributed by atoms with Gasteiger partial charge < -0.3 is 18.4 Å². The van der Waals surface area contributed by atoms with Crippen LogP contribution in [0.2, 0.25) is 0 Å². The van der Waals surface area contributed by atoms with E-state index in [1.807, 2.05) is 24.5 Å². The number of aromatic nitrogens is 1. The van der Waals surface area contributed by atoms with Crippen LogP contribution in [0.1, 0.15) is 0 Å². The standard InChI is InChI=1S/C9H10N2OS2/c1-14-9(13)7(8(10)12)11-5-3-2-4-6-11/h2-6H,1H3,(H2-,10,12,13). The summed E-state index contributed by atoms with van der Waals surface area (Å²) in [7, 11) is 0. The number of nitrogens with zero attached hydrogens (tertiary/aromatic N) is 1. The highest BCUT2D eigenvalue weighted by Gasteiger charge is 2.15. The molecule has 0 bridgehead atoms. The van der Waals surface area contributed by atoms with Crippen LogP contribution in [0.25, 0.3) is 5.70 Å². The fraction of sp³-hybridized carbons (Fsp3) is 0.111. The van der Waals surface area contributed by atoms with E-state index >= 15 is 0 Å². The van der Waals surface area contributed by atoms with Crippen LogP contribution in [0.15, 0.2) is 34.8 Å². The Morgan fingerprint density at radius 3 is 2.36 bits per heavy atom. The Kier molecular flexibility index (Phi) is 3.91. The van der Waals surface area contributed by atoms with Crippen LogP contribution >= 0.6 is 11.8 Å². The number of carbonyl (C=O) groups is 1. The van der Waals surface area contributed by atoms with E-state index in [2.05, 4.69) is 0 Å². The van der Waals surface area contributed by atoms with Crippen LogP contribution in [0, 0.1) is 0 Å². The zero-order valence-electron chi connectivity index (χ0n) is 7.64. The van der Waals surface area contributed by atoms with Crippen LogP contribution in [-0.4, -0.2) is 12.2 Å². The molecule has 0 unspecified atom stereocenters. The molecule has 1 aromatic heterocycles. The van der Waals surface area contributed by atoms with Crippen molar-refractivity contribution < 1.29 is 9.36 Å². The predicted molar refractivity (Wildman–Crippen MR) is 59.9 cm³/mol. The van der Waals surface area contributed by atoms with Crippen molar-refractivity contribution in [2.24, 2.45) is 5.73 Å². The minimum atomic E-state index is -0.513. The van der Waals surface area contributed by atoms with Crippen LogP contribution in [-0.2, 0) is 17.4 Å². The van der Waals surface area contributed by atoms with Gasteiger partial charge in [0.15, 0.2) is 12.4 Å². The molecule has 0 fully saturated rings. The van der Waals surface area contributed by atoms with Gasteiger partial charge in [0, 0.05) is 12.1 Å². The second kappa shape index (κ2) is 4.97. The van der Waals surface area contributed by atoms with Crippen molar-refractivity contribution in [2.75, 3.05) is 6.26 Å². The molecular weight excluding hydrogens is 216 g/mol. The van der Waals surface area contributed by atoms with Crippen molar-refractivity contribution in [1.29, 1.82) is 0 Å². The van der Waals surface area contributed by atoms with Crippen LogP contribution in [0.3, 0.4) is 0 Å². The molecule has 2 N–H and O–H groups in total. The lowest BCUT2D eigenvalue weighted by molar-refractivity contribution is -0.577. The number of thioether (sulfide) groups is 1. The maximum atomic E-state index is 11.2. The molecule has 0 radical (unpaired) electrons. The highest BCUT2D eigenvalue weighted by molar-refractivity contribution is 8.10. The van der Waals surface area contributed by atoms with Crippen LogP contribution < -0.4 is 10.3 Å². The van der Waals surface area contributed by atoms with E-state index in [-0.39, 0.29) is 0 Å². The van der Waals surface area contributed by atoms with E-state index in [1.54, 1.807) is 17.0 Å². The molecular formula is C9H10N2OS2. The highest BCUT2D eigenvalue weighted by atomic mass is 32.2. The van der Waals surface area contributed by atoms with Crippen LogP contribution in [0.4, 0.5) is 0 Å². The largest absolute Gasteiger partial charge is 0.766 e. The molecule has 1 aromatic rings. The Bertz CT molecular complexity index is 362. The number of primary amides is 1. The summed E-state index contributed by atoms with van der Waals surface area (Å²) in [5.41, 5.74) is 5.59. The maximum absolute atomic E-state index is 11.2. The highest BCUT2D eigenvalue weighted by Crippen LogP contribution is 2.13. The number of hydrogen-bond acceptors (Lipinski definition) is 3. The minimum Gasteiger partial charge on any atom is -0.766 e. The zero-order valence-corrected chi connectivity index (χ0v) is 9.27. The molecule has 0 atom stereocenters. The third-order valence-corrected chi connectivity index (χ3v) is 2.84. The van der Waals surface area contributed by atoms with Gasteiger partial charge in [0.05, 0.1) is 0 Å². The van der Waals surface area contributed by atoms with Gasteiger partial charge in [-0.3, -0.25) is 4.79 Å². The van der Waals surface area contributed by atoms with Gasteiger partial charge in [-0.2, -0.15) is 16.3 Å². The van der Waals surface area contributed by atoms with Crippen molar-refractivity contribution in [2.45, 2.75) is 0 Å². The molecule has 5 heteroatoms. The van der Waals surface area contributed by atoms with E-state index in [1.165, 1.54) is 11.8 Å². The first-order valence-corrected chi connectivity index (χ1v) is 5.52. The molecule has 1 amide bonds. The topological polar surface area (TPSA) is 47.0 Å². The number of hydrogen-bond donors (Lipinski definition) is 1. The Balaban J connectivity index is 3.21. The molecule has 74 valence electrons. The first kappa shape index (κ1) is 11.0. The van der Waals surface area contributed by atoms with E-state index in [0.717, 1.165) is 0 Å². The molecule has 0 aliphatic rings. The summed E-state index contributed by atoms with van der Waals surface area (Å²) < 4.78 is 2.12. The van der Waals surface area contributed by atoms with Gasteiger partial charge in [-0.1, -0.05) is 10.3 Å². The maximum Gasteiger partial charge on any atom is 0.312 e. The minimum absolute atomic E-state index is 0.341. The lowest BCUT2D eigenvalue weighted by Crippen LogP contribution is -2.39. The van der Waals surface area contributed by atoms with Gasteiger partial charge in [-0.25, -0.2) is 0 Å². The normalized spacial score (nSPS) is 12.1. The summed E-state index contributed by atoms with van der Waals surface area (Å²) in [6, 6.07) is 5.48. The Labute approximate surface area is 92.4 Å². The number of amides is 1. The second-order valence-electron chi connectivity index (χ2n) is 2.49. The van der Waals surface area contributed by atoms with Crippen molar-refractivity contribution in [3.05, 3.63) is 34.8 Å². The fourth-order valence-corrected chi connectivity index (χ4v) is 1.58. The van der Waals surface area contributed by atoms with Crippen molar-refractivity contribution in [3.63, 3.8) is 0 Å². The van der Waals surface area contributed by atoms with Gasteiger partial charge >= 0.3 is 5.91 Å². The first-order valence-electron chi connectivity index (χ1n) is 3.88. The number of carbonyl (C=O) groups excluding carboxylic acids is 1. The van der Waals surface area contributed by atoms with Crippen LogP contribution in [0.5, 0.6) is 0 Å². The summed E-state index contributed by atoms with van der Waals surface area (Å²) in [5.74, 6) is -0.513. The number of nitrogens with two attached hydrogens (primary N) is 1. The number of pyridine rings is 1. The van der Waals surface area contributed by atoms with E-state index in [9.17, 15) is 4.79 Å². The van der Waals surface area contributed by atoms with Crippen molar-refractivity contribution in [3.8, 4) is 0 Å². The van der Waals surface area contributed by atoms with Crippen molar-refractivity contribution in [1.82, 2.24) is 0 Å². The molecule has 0 aliphatic heterocycles. The lowest BCUT2D eigenvalue weighted by Gasteiger charge is -2.09. The molecule has 14 heavy (non-hydrogen) atoms. The Hall–Kier alpha value is -1.07. The average Bonchev–Trinajstić information content (AvgIpc) is 2.19. The Morgan fingerprint density at radius 1 is 1.36 bits per heavy atom. The van der Waals surface area contributed by atoms with Crippen molar-refractivity contribution >= 4 is 36.0 Å². The van der Waals surface area contributed by atoms with Gasteiger partial charge in [0.1, 0.15) is 0 Å². The average molecular weight is 226 g/mol. The summed E-state index contributed by atoms with van der Waals surface area (Å²) >= 11 is 6.37. The first-order chi connectivity index (χ1) is 6.66. The number of rotatable bonds is 3. The Morgan fingerprint density at radius 2 is 1.93 bits per heavy atom. The summed E-state index contributed by atoms with van der Waals surface area (Å²) in [5, 5.41) is 0. The summed E-state index contributed by atoms with van der Waals surface area (Å²) in [4.78, 5) is 11.2. The second-order valence-corrected chi connectivity index (χ2v) is 3.97. The summed E-state index contributed by atoms with van der Waals surface area (Å²) in [6.45, 7) is 0. The third kappa shape index (κ3) is 2.46. The monoisotopic (exact) mass is 226 g/mol. The zero-order chi connectivity index (χ0) is 10.6. The molecule has 3 nitrogen and oxygen atoms in total. The third-order valence-electron chi connectivity index (χ3n) is 1.59. The molecule has 0 aromatic carbocycles. The predicted octanol–water partition coefficient (Wildman–Crippen LogP) is 0.495. The summed E-state index contributed by atoms with van der Waals surface area (Å²) in [6.07, 6.45) is 5.29. The van der Waals surface area contributed by atoms with E-state index in [0.29, 0.717) is 9.93 Å². The van der Waals surface area contributed by atoms with E-state index < -0.39 is 5.91 Å². The fourth-order valence-electron chi connectivity index (χ4n) is 0.978. The molecule has 0 aliphatic carbocycles. The quantitative estimate of drug-likeness (QED) is 0.464.